The van der Waals surface area contributed by atoms with Crippen LogP contribution in [0, 0.1) is 18.8 Å². The van der Waals surface area contributed by atoms with Gasteiger partial charge in [0, 0.05) is 17.7 Å². The van der Waals surface area contributed by atoms with Crippen molar-refractivity contribution in [2.75, 3.05) is 20.3 Å². The number of hydrogen-bond donors (Lipinski definition) is 1. The number of nitrogens with one attached hydrogen (secondary N) is 1. The predicted octanol–water partition coefficient (Wildman–Crippen LogP) is 2.53. The summed E-state index contributed by atoms with van der Waals surface area (Å²) in [7, 11) is 1.32. The summed E-state index contributed by atoms with van der Waals surface area (Å²) in [5, 5.41) is 11.1. The van der Waals surface area contributed by atoms with Crippen molar-refractivity contribution in [3.05, 3.63) is 35.5 Å². The summed E-state index contributed by atoms with van der Waals surface area (Å²) >= 11 is 0. The molecule has 1 atom stereocenters. The molecular weight excluding hydrogens is 344 g/mol. The van der Waals surface area contributed by atoms with Gasteiger partial charge < -0.3 is 14.8 Å². The van der Waals surface area contributed by atoms with Gasteiger partial charge >= 0.3 is 6.09 Å². The van der Waals surface area contributed by atoms with Gasteiger partial charge in [0.1, 0.15) is 5.69 Å². The van der Waals surface area contributed by atoms with Gasteiger partial charge in [0.15, 0.2) is 0 Å². The Bertz CT molecular complexity index is 844. The molecule has 1 saturated heterocycles. The van der Waals surface area contributed by atoms with Crippen LogP contribution in [0.2, 0.25) is 0 Å². The van der Waals surface area contributed by atoms with Gasteiger partial charge in [-0.05, 0) is 43.9 Å². The smallest absolute Gasteiger partial charge is 0.407 e. The summed E-state index contributed by atoms with van der Waals surface area (Å²) in [6, 6.07) is 5.94. The summed E-state index contributed by atoms with van der Waals surface area (Å²) in [5.41, 5.74) is 3.83. The molecule has 7 nitrogen and oxygen atoms in total. The highest BCUT2D eigenvalue weighted by molar-refractivity contribution is 5.67. The Balaban J connectivity index is 1.63. The average molecular weight is 368 g/mol. The quantitative estimate of drug-likeness (QED) is 0.839. The number of amides is 1. The normalized spacial score (nSPS) is 16.3. The van der Waals surface area contributed by atoms with Gasteiger partial charge in [-0.15, -0.1) is 5.10 Å². The van der Waals surface area contributed by atoms with Crippen molar-refractivity contribution in [1.82, 2.24) is 20.3 Å². The van der Waals surface area contributed by atoms with E-state index >= 15 is 0 Å². The van der Waals surface area contributed by atoms with Crippen LogP contribution in [0.3, 0.4) is 0 Å². The van der Waals surface area contributed by atoms with E-state index in [1.165, 1.54) is 13.5 Å². The predicted molar refractivity (Wildman–Crippen MR) is 101 cm³/mol. The van der Waals surface area contributed by atoms with Crippen molar-refractivity contribution in [1.29, 1.82) is 0 Å². The zero-order valence-corrected chi connectivity index (χ0v) is 15.7. The molecule has 1 aliphatic rings. The zero-order chi connectivity index (χ0) is 19.1. The maximum atomic E-state index is 11.0. The van der Waals surface area contributed by atoms with E-state index in [1.54, 1.807) is 0 Å². The summed E-state index contributed by atoms with van der Waals surface area (Å²) in [6.07, 6.45) is 5.14. The van der Waals surface area contributed by atoms with E-state index in [9.17, 15) is 4.79 Å². The first-order valence-electron chi connectivity index (χ1n) is 9.09. The fraction of sp³-hybridized carbons (Fsp3) is 0.450. The first kappa shape index (κ1) is 18.9. The molecule has 1 aromatic heterocycles. The minimum Gasteiger partial charge on any atom is -0.453 e. The van der Waals surface area contributed by atoms with E-state index in [0.717, 1.165) is 48.4 Å². The first-order valence-corrected chi connectivity index (χ1v) is 9.09. The lowest BCUT2D eigenvalue weighted by atomic mass is 10.0. The van der Waals surface area contributed by atoms with Gasteiger partial charge in [0.05, 0.1) is 32.5 Å². The molecule has 0 saturated carbocycles. The maximum Gasteiger partial charge on any atom is 0.407 e. The standard InChI is InChI=1S/C20H24N4O3/c1-15-12-16(6-5-10-21-20(25)26-2)8-9-18(15)19-14-24(23-22-19)13-17-7-3-4-11-27-17/h8-9,12,14,17H,3-4,7,10-11,13H2,1-2H3,(H,21,25). The number of alkyl carbamates (subject to hydrolysis) is 1. The fourth-order valence-electron chi connectivity index (χ4n) is 3.03. The molecule has 0 spiro atoms. The van der Waals surface area contributed by atoms with Crippen molar-refractivity contribution in [3.63, 3.8) is 0 Å². The Morgan fingerprint density at radius 1 is 1.44 bits per heavy atom. The summed E-state index contributed by atoms with van der Waals surface area (Å²) < 4.78 is 12.1. The summed E-state index contributed by atoms with van der Waals surface area (Å²) in [4.78, 5) is 11.0. The van der Waals surface area contributed by atoms with Crippen LogP contribution < -0.4 is 5.32 Å². The lowest BCUT2D eigenvalue weighted by Gasteiger charge is -2.21. The molecule has 1 amide bonds. The molecule has 7 heteroatoms. The Kier molecular flexibility index (Phi) is 6.44. The van der Waals surface area contributed by atoms with Gasteiger partial charge in [-0.1, -0.05) is 23.1 Å². The molecule has 1 aromatic carbocycles. The van der Waals surface area contributed by atoms with Gasteiger partial charge in [0.2, 0.25) is 0 Å². The van der Waals surface area contributed by atoms with E-state index < -0.39 is 6.09 Å². The highest BCUT2D eigenvalue weighted by Gasteiger charge is 2.16. The molecular formula is C20H24N4O3. The van der Waals surface area contributed by atoms with Crippen molar-refractivity contribution < 1.29 is 14.3 Å². The van der Waals surface area contributed by atoms with E-state index in [4.69, 9.17) is 4.74 Å². The number of nitrogens with zero attached hydrogens (tertiary/aromatic N) is 3. The van der Waals surface area contributed by atoms with Crippen LogP contribution in [0.15, 0.2) is 24.4 Å². The third kappa shape index (κ3) is 5.31. The van der Waals surface area contributed by atoms with Gasteiger partial charge in [-0.25, -0.2) is 9.48 Å². The number of carbonyl (C=O) groups excluding carboxylic acids is 1. The second-order valence-corrected chi connectivity index (χ2v) is 6.49. The molecule has 1 fully saturated rings. The molecule has 142 valence electrons. The third-order valence-electron chi connectivity index (χ3n) is 4.44. The van der Waals surface area contributed by atoms with Crippen LogP contribution in [0.25, 0.3) is 11.3 Å². The number of ether oxygens (including phenoxy) is 2. The number of aryl methyl sites for hydroxylation is 1. The Hall–Kier alpha value is -2.85. The number of aromatic nitrogens is 3. The molecule has 1 unspecified atom stereocenters. The van der Waals surface area contributed by atoms with Crippen LogP contribution >= 0.6 is 0 Å². The minimum atomic E-state index is -0.488. The monoisotopic (exact) mass is 368 g/mol. The van der Waals surface area contributed by atoms with Gasteiger partial charge in [0.25, 0.3) is 0 Å². The second kappa shape index (κ2) is 9.19. The SMILES string of the molecule is COC(=O)NCC#Cc1ccc(-c2cn(CC3CCCCO3)nn2)c(C)c1. The fourth-order valence-corrected chi connectivity index (χ4v) is 3.03. The van der Waals surface area contributed by atoms with Crippen LogP contribution in [0.5, 0.6) is 0 Å². The molecule has 2 aromatic rings. The third-order valence-corrected chi connectivity index (χ3v) is 4.44. The molecule has 1 aliphatic heterocycles. The average Bonchev–Trinajstić information content (AvgIpc) is 3.14. The Labute approximate surface area is 159 Å². The van der Waals surface area contributed by atoms with Gasteiger partial charge in [-0.3, -0.25) is 0 Å². The minimum absolute atomic E-state index is 0.227. The molecule has 2 heterocycles. The maximum absolute atomic E-state index is 11.0. The molecule has 3 rings (SSSR count). The molecule has 0 bridgehead atoms. The van der Waals surface area contributed by atoms with Crippen LogP contribution in [-0.2, 0) is 16.0 Å². The van der Waals surface area contributed by atoms with E-state index in [0.29, 0.717) is 0 Å². The van der Waals surface area contributed by atoms with Crippen LogP contribution in [0.1, 0.15) is 30.4 Å². The molecule has 1 N–H and O–H groups in total. The molecule has 0 aliphatic carbocycles. The largest absolute Gasteiger partial charge is 0.453 e. The number of benzene rings is 1. The van der Waals surface area contributed by atoms with Crippen LogP contribution in [0.4, 0.5) is 4.79 Å². The summed E-state index contributed by atoms with van der Waals surface area (Å²) in [6.45, 7) is 3.84. The van der Waals surface area contributed by atoms with E-state index in [1.807, 2.05) is 36.0 Å². The highest BCUT2D eigenvalue weighted by atomic mass is 16.5. The highest BCUT2D eigenvalue weighted by Crippen LogP contribution is 2.22. The lowest BCUT2D eigenvalue weighted by Crippen LogP contribution is -2.24. The van der Waals surface area contributed by atoms with E-state index in [-0.39, 0.29) is 12.6 Å². The van der Waals surface area contributed by atoms with Crippen molar-refractivity contribution in [2.24, 2.45) is 0 Å². The number of hydrogen-bond acceptors (Lipinski definition) is 5. The van der Waals surface area contributed by atoms with E-state index in [2.05, 4.69) is 32.2 Å². The second-order valence-electron chi connectivity index (χ2n) is 6.49. The number of rotatable bonds is 4. The number of methoxy groups -OCH3 is 1. The van der Waals surface area contributed by atoms with Gasteiger partial charge in [-0.2, -0.15) is 0 Å². The lowest BCUT2D eigenvalue weighted by molar-refractivity contribution is 0.00370. The van der Waals surface area contributed by atoms with Crippen molar-refractivity contribution in [2.45, 2.75) is 38.8 Å². The zero-order valence-electron chi connectivity index (χ0n) is 15.7. The topological polar surface area (TPSA) is 78.3 Å². The van der Waals surface area contributed by atoms with Crippen molar-refractivity contribution >= 4 is 6.09 Å². The number of carbonyl (C=O) groups is 1. The Morgan fingerprint density at radius 3 is 3.07 bits per heavy atom. The molecule has 0 radical (unpaired) electrons. The Morgan fingerprint density at radius 2 is 2.33 bits per heavy atom. The first-order chi connectivity index (χ1) is 13.2. The summed E-state index contributed by atoms with van der Waals surface area (Å²) in [5.74, 6) is 5.92. The molecule has 27 heavy (non-hydrogen) atoms. The van der Waals surface area contributed by atoms with Crippen LogP contribution in [-0.4, -0.2) is 47.5 Å². The van der Waals surface area contributed by atoms with Crippen molar-refractivity contribution in [3.8, 4) is 23.1 Å².